The van der Waals surface area contributed by atoms with Crippen molar-refractivity contribution < 1.29 is 4.79 Å². The van der Waals surface area contributed by atoms with Gasteiger partial charge in [0.05, 0.1) is 11.4 Å². The van der Waals surface area contributed by atoms with Crippen LogP contribution in [0, 0.1) is 0 Å². The fourth-order valence-electron chi connectivity index (χ4n) is 2.81. The van der Waals surface area contributed by atoms with Gasteiger partial charge in [-0.3, -0.25) is 9.89 Å². The molecule has 22 heavy (non-hydrogen) atoms. The standard InChI is InChI=1S/C15H18ClN5O/c1-10-4-2-3-7-21(10)13-6-5-11(16)8-12(13)19-15(22)14-17-9-18-20-14/h5-6,8-10H,2-4,7H2,1H3,(H,19,22)(H,17,18,20)/t10-/m1/s1. The van der Waals surface area contributed by atoms with Crippen molar-refractivity contribution in [3.63, 3.8) is 0 Å². The van der Waals surface area contributed by atoms with E-state index in [1.165, 1.54) is 12.7 Å². The Labute approximate surface area is 133 Å². The number of rotatable bonds is 3. The first-order valence-corrected chi connectivity index (χ1v) is 7.76. The molecule has 2 N–H and O–H groups in total. The van der Waals surface area contributed by atoms with Crippen LogP contribution < -0.4 is 10.2 Å². The highest BCUT2D eigenvalue weighted by atomic mass is 35.5. The molecule has 0 radical (unpaired) electrons. The van der Waals surface area contributed by atoms with E-state index in [1.54, 1.807) is 6.07 Å². The Balaban J connectivity index is 1.89. The van der Waals surface area contributed by atoms with Crippen molar-refractivity contribution in [2.75, 3.05) is 16.8 Å². The Hall–Kier alpha value is -2.08. The molecule has 7 heteroatoms. The highest BCUT2D eigenvalue weighted by molar-refractivity contribution is 6.31. The zero-order valence-electron chi connectivity index (χ0n) is 12.3. The molecule has 2 heterocycles. The average molecular weight is 320 g/mol. The zero-order chi connectivity index (χ0) is 15.5. The largest absolute Gasteiger partial charge is 0.367 e. The third kappa shape index (κ3) is 3.06. The third-order valence-electron chi connectivity index (χ3n) is 3.95. The summed E-state index contributed by atoms with van der Waals surface area (Å²) in [7, 11) is 0. The fraction of sp³-hybridized carbons (Fsp3) is 0.400. The molecule has 1 aliphatic heterocycles. The van der Waals surface area contributed by atoms with Crippen molar-refractivity contribution >= 4 is 28.9 Å². The highest BCUT2D eigenvalue weighted by Gasteiger charge is 2.22. The lowest BCUT2D eigenvalue weighted by molar-refractivity contribution is 0.101. The van der Waals surface area contributed by atoms with Crippen molar-refractivity contribution in [2.45, 2.75) is 32.2 Å². The molecule has 2 aromatic rings. The molecule has 0 aliphatic carbocycles. The Bertz CT molecular complexity index is 658. The molecule has 1 amide bonds. The quantitative estimate of drug-likeness (QED) is 0.911. The normalized spacial score (nSPS) is 18.3. The minimum atomic E-state index is -0.328. The second kappa shape index (κ2) is 6.36. The highest BCUT2D eigenvalue weighted by Crippen LogP contribution is 2.33. The monoisotopic (exact) mass is 319 g/mol. The molecule has 0 unspecified atom stereocenters. The van der Waals surface area contributed by atoms with Crippen LogP contribution in [0.25, 0.3) is 0 Å². The Kier molecular flexibility index (Phi) is 4.29. The number of anilines is 2. The van der Waals surface area contributed by atoms with Crippen LogP contribution in [0.3, 0.4) is 0 Å². The number of carbonyl (C=O) groups is 1. The van der Waals surface area contributed by atoms with Crippen LogP contribution in [-0.4, -0.2) is 33.7 Å². The van der Waals surface area contributed by atoms with Crippen LogP contribution in [0.4, 0.5) is 11.4 Å². The minimum Gasteiger partial charge on any atom is -0.367 e. The van der Waals surface area contributed by atoms with Crippen LogP contribution in [0.2, 0.25) is 5.02 Å². The van der Waals surface area contributed by atoms with E-state index in [9.17, 15) is 4.79 Å². The molecule has 0 bridgehead atoms. The summed E-state index contributed by atoms with van der Waals surface area (Å²) in [6, 6.07) is 6.02. The van der Waals surface area contributed by atoms with Crippen LogP contribution in [0.1, 0.15) is 36.8 Å². The van der Waals surface area contributed by atoms with Gasteiger partial charge in [-0.25, -0.2) is 4.98 Å². The van der Waals surface area contributed by atoms with Crippen molar-refractivity contribution in [3.05, 3.63) is 35.4 Å². The van der Waals surface area contributed by atoms with Gasteiger partial charge >= 0.3 is 0 Å². The van der Waals surface area contributed by atoms with E-state index in [-0.39, 0.29) is 11.7 Å². The number of nitrogens with one attached hydrogen (secondary N) is 2. The number of aromatic nitrogens is 3. The first-order chi connectivity index (χ1) is 10.6. The molecule has 3 rings (SSSR count). The van der Waals surface area contributed by atoms with Crippen molar-refractivity contribution in [3.8, 4) is 0 Å². The van der Waals surface area contributed by atoms with E-state index in [2.05, 4.69) is 32.3 Å². The fourth-order valence-corrected chi connectivity index (χ4v) is 2.98. The maximum absolute atomic E-state index is 12.2. The molecule has 1 fully saturated rings. The number of halogens is 1. The Morgan fingerprint density at radius 3 is 3.05 bits per heavy atom. The maximum Gasteiger partial charge on any atom is 0.293 e. The smallest absolute Gasteiger partial charge is 0.293 e. The summed E-state index contributed by atoms with van der Waals surface area (Å²) in [6.07, 6.45) is 4.85. The molecule has 116 valence electrons. The lowest BCUT2D eigenvalue weighted by atomic mass is 10.0. The lowest BCUT2D eigenvalue weighted by Gasteiger charge is -2.36. The molecule has 1 aliphatic rings. The Morgan fingerprint density at radius 2 is 2.32 bits per heavy atom. The molecule has 1 aromatic heterocycles. The predicted molar refractivity (Wildman–Crippen MR) is 86.4 cm³/mol. The van der Waals surface area contributed by atoms with E-state index in [0.29, 0.717) is 16.8 Å². The summed E-state index contributed by atoms with van der Waals surface area (Å²) in [5.74, 6) is -0.150. The molecule has 0 saturated carbocycles. The average Bonchev–Trinajstić information content (AvgIpc) is 3.03. The molecule has 6 nitrogen and oxygen atoms in total. The van der Waals surface area contributed by atoms with Crippen molar-refractivity contribution in [1.82, 2.24) is 15.2 Å². The SMILES string of the molecule is C[C@@H]1CCCCN1c1ccc(Cl)cc1NC(=O)c1ncn[nH]1. The summed E-state index contributed by atoms with van der Waals surface area (Å²) in [5, 5.41) is 9.71. The molecule has 1 atom stereocenters. The van der Waals surface area contributed by atoms with Gasteiger partial charge in [0, 0.05) is 17.6 Å². The van der Waals surface area contributed by atoms with Crippen molar-refractivity contribution in [1.29, 1.82) is 0 Å². The lowest BCUT2D eigenvalue weighted by Crippen LogP contribution is -2.38. The van der Waals surface area contributed by atoms with Gasteiger partial charge in [-0.2, -0.15) is 5.10 Å². The minimum absolute atomic E-state index is 0.178. The van der Waals surface area contributed by atoms with Gasteiger partial charge in [0.1, 0.15) is 6.33 Å². The summed E-state index contributed by atoms with van der Waals surface area (Å²) < 4.78 is 0. The number of piperidine rings is 1. The second-order valence-corrected chi connectivity index (χ2v) is 5.92. The first kappa shape index (κ1) is 14.8. The third-order valence-corrected chi connectivity index (χ3v) is 4.18. The molecular formula is C15H18ClN5O. The number of nitrogens with zero attached hydrogens (tertiary/aromatic N) is 3. The summed E-state index contributed by atoms with van der Waals surface area (Å²) in [5.41, 5.74) is 1.69. The molecule has 1 saturated heterocycles. The van der Waals surface area contributed by atoms with E-state index in [0.717, 1.165) is 25.1 Å². The van der Waals surface area contributed by atoms with Gasteiger partial charge in [-0.15, -0.1) is 0 Å². The van der Waals surface area contributed by atoms with E-state index in [4.69, 9.17) is 11.6 Å². The van der Waals surface area contributed by atoms with Crippen LogP contribution >= 0.6 is 11.6 Å². The zero-order valence-corrected chi connectivity index (χ0v) is 13.1. The molecular weight excluding hydrogens is 302 g/mol. The second-order valence-electron chi connectivity index (χ2n) is 5.49. The summed E-state index contributed by atoms with van der Waals surface area (Å²) in [6.45, 7) is 3.18. The number of amides is 1. The van der Waals surface area contributed by atoms with E-state index >= 15 is 0 Å². The maximum atomic E-state index is 12.2. The van der Waals surface area contributed by atoms with Crippen LogP contribution in [0.5, 0.6) is 0 Å². The number of carbonyl (C=O) groups excluding carboxylic acids is 1. The Morgan fingerprint density at radius 1 is 1.45 bits per heavy atom. The number of H-pyrrole nitrogens is 1. The number of aromatic amines is 1. The van der Waals surface area contributed by atoms with Crippen molar-refractivity contribution in [2.24, 2.45) is 0 Å². The van der Waals surface area contributed by atoms with Gasteiger partial charge in [0.15, 0.2) is 0 Å². The van der Waals surface area contributed by atoms with Crippen LogP contribution in [-0.2, 0) is 0 Å². The number of benzene rings is 1. The van der Waals surface area contributed by atoms with E-state index < -0.39 is 0 Å². The topological polar surface area (TPSA) is 73.9 Å². The van der Waals surface area contributed by atoms with Gasteiger partial charge < -0.3 is 10.2 Å². The molecule has 0 spiro atoms. The van der Waals surface area contributed by atoms with Crippen LogP contribution in [0.15, 0.2) is 24.5 Å². The molecule has 1 aromatic carbocycles. The number of hydrogen-bond acceptors (Lipinski definition) is 4. The first-order valence-electron chi connectivity index (χ1n) is 7.38. The van der Waals surface area contributed by atoms with E-state index in [1.807, 2.05) is 12.1 Å². The van der Waals surface area contributed by atoms with Gasteiger partial charge in [0.2, 0.25) is 5.82 Å². The summed E-state index contributed by atoms with van der Waals surface area (Å²) in [4.78, 5) is 18.4. The summed E-state index contributed by atoms with van der Waals surface area (Å²) >= 11 is 6.09. The van der Waals surface area contributed by atoms with Gasteiger partial charge in [-0.1, -0.05) is 11.6 Å². The number of hydrogen-bond donors (Lipinski definition) is 2. The van der Waals surface area contributed by atoms with Gasteiger partial charge in [0.25, 0.3) is 5.91 Å². The van der Waals surface area contributed by atoms with Gasteiger partial charge in [-0.05, 0) is 44.4 Å². The predicted octanol–water partition coefficient (Wildman–Crippen LogP) is 3.09.